The maximum atomic E-state index is 13.5. The van der Waals surface area contributed by atoms with Gasteiger partial charge in [0.15, 0.2) is 6.61 Å². The topological polar surface area (TPSA) is 88.7 Å². The van der Waals surface area contributed by atoms with Crippen LogP contribution >= 0.6 is 0 Å². The molecule has 0 bridgehead atoms. The lowest BCUT2D eigenvalue weighted by Crippen LogP contribution is -2.35. The van der Waals surface area contributed by atoms with E-state index in [1.807, 2.05) is 0 Å². The number of ether oxygens (including phenoxy) is 2. The predicted octanol–water partition coefficient (Wildman–Crippen LogP) is 2.80. The molecule has 8 heteroatoms. The van der Waals surface area contributed by atoms with Crippen molar-refractivity contribution in [2.75, 3.05) is 23.8 Å². The van der Waals surface area contributed by atoms with Crippen molar-refractivity contribution < 1.29 is 23.5 Å². The van der Waals surface area contributed by atoms with Crippen LogP contribution in [0.1, 0.15) is 18.0 Å². The maximum Gasteiger partial charge on any atom is 0.319 e. The zero-order valence-electron chi connectivity index (χ0n) is 13.7. The SMILES string of the molecule is O=C1COc2ccc(NC(=O)N[C@@H]3CCOc4ccc(F)cc43)cc2N1. The normalized spacial score (nSPS) is 17.7. The highest BCUT2D eigenvalue weighted by molar-refractivity contribution is 5.97. The van der Waals surface area contributed by atoms with Crippen molar-refractivity contribution in [1.29, 1.82) is 0 Å². The zero-order chi connectivity index (χ0) is 18.1. The summed E-state index contributed by atoms with van der Waals surface area (Å²) in [5, 5.41) is 8.21. The summed E-state index contributed by atoms with van der Waals surface area (Å²) in [7, 11) is 0. The molecule has 7 nitrogen and oxygen atoms in total. The van der Waals surface area contributed by atoms with Gasteiger partial charge in [-0.25, -0.2) is 9.18 Å². The van der Waals surface area contributed by atoms with E-state index in [1.165, 1.54) is 12.1 Å². The van der Waals surface area contributed by atoms with E-state index in [9.17, 15) is 14.0 Å². The van der Waals surface area contributed by atoms with E-state index < -0.39 is 6.03 Å². The average molecular weight is 357 g/mol. The summed E-state index contributed by atoms with van der Waals surface area (Å²) >= 11 is 0. The highest BCUT2D eigenvalue weighted by Gasteiger charge is 2.24. The average Bonchev–Trinajstić information content (AvgIpc) is 2.62. The Morgan fingerprint density at radius 1 is 1.15 bits per heavy atom. The van der Waals surface area contributed by atoms with Gasteiger partial charge in [-0.1, -0.05) is 0 Å². The quantitative estimate of drug-likeness (QED) is 0.771. The van der Waals surface area contributed by atoms with Gasteiger partial charge < -0.3 is 25.4 Å². The first-order chi connectivity index (χ1) is 12.6. The van der Waals surface area contributed by atoms with E-state index in [0.29, 0.717) is 41.5 Å². The van der Waals surface area contributed by atoms with Crippen LogP contribution in [0.25, 0.3) is 0 Å². The van der Waals surface area contributed by atoms with Crippen LogP contribution in [0.3, 0.4) is 0 Å². The van der Waals surface area contributed by atoms with Gasteiger partial charge in [0.05, 0.1) is 18.3 Å². The van der Waals surface area contributed by atoms with Crippen LogP contribution in [0, 0.1) is 5.82 Å². The van der Waals surface area contributed by atoms with Crippen molar-refractivity contribution in [3.05, 3.63) is 47.8 Å². The molecule has 2 aromatic rings. The van der Waals surface area contributed by atoms with E-state index >= 15 is 0 Å². The molecule has 0 radical (unpaired) electrons. The van der Waals surface area contributed by atoms with Gasteiger partial charge in [-0.2, -0.15) is 0 Å². The second-order valence-corrected chi connectivity index (χ2v) is 6.02. The summed E-state index contributed by atoms with van der Waals surface area (Å²) < 4.78 is 24.3. The smallest absolute Gasteiger partial charge is 0.319 e. The summed E-state index contributed by atoms with van der Waals surface area (Å²) in [6.07, 6.45) is 0.540. The van der Waals surface area contributed by atoms with Crippen LogP contribution in [0.15, 0.2) is 36.4 Å². The molecule has 0 spiro atoms. The number of benzene rings is 2. The number of rotatable bonds is 2. The van der Waals surface area contributed by atoms with Gasteiger partial charge in [0, 0.05) is 17.7 Å². The number of amides is 3. The summed E-state index contributed by atoms with van der Waals surface area (Å²) in [5.41, 5.74) is 1.61. The first-order valence-electron chi connectivity index (χ1n) is 8.15. The van der Waals surface area contributed by atoms with Crippen LogP contribution in [0.2, 0.25) is 0 Å². The van der Waals surface area contributed by atoms with Crippen LogP contribution in [-0.4, -0.2) is 25.2 Å². The molecule has 1 atom stereocenters. The van der Waals surface area contributed by atoms with Crippen LogP contribution < -0.4 is 25.4 Å². The summed E-state index contributed by atoms with van der Waals surface area (Å²) in [4.78, 5) is 23.7. The lowest BCUT2D eigenvalue weighted by molar-refractivity contribution is -0.118. The van der Waals surface area contributed by atoms with Gasteiger partial charge in [0.2, 0.25) is 0 Å². The van der Waals surface area contributed by atoms with E-state index in [2.05, 4.69) is 16.0 Å². The van der Waals surface area contributed by atoms with Crippen molar-refractivity contribution in [3.8, 4) is 11.5 Å². The molecular weight excluding hydrogens is 341 g/mol. The minimum Gasteiger partial charge on any atom is -0.493 e. The van der Waals surface area contributed by atoms with E-state index in [-0.39, 0.29) is 24.4 Å². The summed E-state index contributed by atoms with van der Waals surface area (Å²) in [6.45, 7) is 0.409. The molecular formula is C18H16FN3O4. The molecule has 2 aliphatic heterocycles. The molecule has 3 amide bonds. The monoisotopic (exact) mass is 357 g/mol. The number of hydrogen-bond donors (Lipinski definition) is 3. The molecule has 2 aliphatic rings. The minimum atomic E-state index is -0.435. The Hall–Kier alpha value is -3.29. The first-order valence-corrected chi connectivity index (χ1v) is 8.15. The minimum absolute atomic E-state index is 0.0278. The second-order valence-electron chi connectivity index (χ2n) is 6.02. The second kappa shape index (κ2) is 6.55. The highest BCUT2D eigenvalue weighted by atomic mass is 19.1. The molecule has 0 fully saturated rings. The molecule has 134 valence electrons. The molecule has 0 saturated heterocycles. The Balaban J connectivity index is 1.46. The molecule has 26 heavy (non-hydrogen) atoms. The van der Waals surface area contributed by atoms with Gasteiger partial charge in [-0.05, 0) is 36.4 Å². The predicted molar refractivity (Wildman–Crippen MR) is 92.0 cm³/mol. The third kappa shape index (κ3) is 3.26. The van der Waals surface area contributed by atoms with Gasteiger partial charge in [-0.3, -0.25) is 4.79 Å². The lowest BCUT2D eigenvalue weighted by atomic mass is 10.0. The van der Waals surface area contributed by atoms with Crippen molar-refractivity contribution in [2.45, 2.75) is 12.5 Å². The Morgan fingerprint density at radius 2 is 2.00 bits per heavy atom. The first kappa shape index (κ1) is 16.2. The fraction of sp³-hybridized carbons (Fsp3) is 0.222. The zero-order valence-corrected chi connectivity index (χ0v) is 13.7. The van der Waals surface area contributed by atoms with Crippen molar-refractivity contribution in [2.24, 2.45) is 0 Å². The Bertz CT molecular complexity index is 887. The molecule has 4 rings (SSSR count). The van der Waals surface area contributed by atoms with E-state index in [1.54, 1.807) is 24.3 Å². The number of nitrogens with one attached hydrogen (secondary N) is 3. The third-order valence-corrected chi connectivity index (χ3v) is 4.19. The number of halogens is 1. The van der Waals surface area contributed by atoms with Gasteiger partial charge in [0.25, 0.3) is 5.91 Å². The van der Waals surface area contributed by atoms with E-state index in [0.717, 1.165) is 0 Å². The Kier molecular flexibility index (Phi) is 4.08. The number of carbonyl (C=O) groups is 2. The summed E-state index contributed by atoms with van der Waals surface area (Å²) in [6, 6.07) is 8.42. The number of carbonyl (C=O) groups excluding carboxylic acids is 2. The van der Waals surface area contributed by atoms with Crippen LogP contribution in [0.5, 0.6) is 11.5 Å². The Labute approximate surface area is 148 Å². The van der Waals surface area contributed by atoms with Crippen LogP contribution in [0.4, 0.5) is 20.6 Å². The number of urea groups is 1. The molecule has 0 unspecified atom stereocenters. The standard InChI is InChI=1S/C18H16FN3O4/c19-10-1-3-15-12(7-10)13(5-6-25-15)22-18(24)20-11-2-4-16-14(8-11)21-17(23)9-26-16/h1-4,7-8,13H,5-6,9H2,(H,21,23)(H2,20,22,24)/t13-/m1/s1. The van der Waals surface area contributed by atoms with Gasteiger partial charge in [0.1, 0.15) is 17.3 Å². The number of hydrogen-bond acceptors (Lipinski definition) is 4. The third-order valence-electron chi connectivity index (χ3n) is 4.19. The van der Waals surface area contributed by atoms with Gasteiger partial charge >= 0.3 is 6.03 Å². The molecule has 0 aromatic heterocycles. The number of fused-ring (bicyclic) bond motifs is 2. The molecule has 0 saturated carbocycles. The number of anilines is 2. The van der Waals surface area contributed by atoms with Crippen molar-refractivity contribution in [1.82, 2.24) is 5.32 Å². The fourth-order valence-electron chi connectivity index (χ4n) is 3.00. The molecule has 2 heterocycles. The van der Waals surface area contributed by atoms with Crippen molar-refractivity contribution >= 4 is 23.3 Å². The largest absolute Gasteiger partial charge is 0.493 e. The van der Waals surface area contributed by atoms with Crippen molar-refractivity contribution in [3.63, 3.8) is 0 Å². The van der Waals surface area contributed by atoms with Gasteiger partial charge in [-0.15, -0.1) is 0 Å². The molecule has 2 aromatic carbocycles. The molecule has 3 N–H and O–H groups in total. The lowest BCUT2D eigenvalue weighted by Gasteiger charge is -2.27. The Morgan fingerprint density at radius 3 is 2.88 bits per heavy atom. The molecule has 0 aliphatic carbocycles. The fourth-order valence-corrected chi connectivity index (χ4v) is 3.00. The maximum absolute atomic E-state index is 13.5. The van der Waals surface area contributed by atoms with Crippen LogP contribution in [-0.2, 0) is 4.79 Å². The van der Waals surface area contributed by atoms with E-state index in [4.69, 9.17) is 9.47 Å². The highest BCUT2D eigenvalue weighted by Crippen LogP contribution is 2.33. The summed E-state index contributed by atoms with van der Waals surface area (Å²) in [5.74, 6) is 0.479.